The van der Waals surface area contributed by atoms with Gasteiger partial charge in [0, 0.05) is 22.5 Å². The summed E-state index contributed by atoms with van der Waals surface area (Å²) in [5.41, 5.74) is 8.57. The molecule has 0 aliphatic carbocycles. The van der Waals surface area contributed by atoms with Crippen LogP contribution in [-0.4, -0.2) is 62.4 Å². The number of nitrogens with zero attached hydrogens (tertiary/aromatic N) is 4. The highest BCUT2D eigenvalue weighted by molar-refractivity contribution is 6.60. The van der Waals surface area contributed by atoms with Gasteiger partial charge in [-0.15, -0.1) is 0 Å². The molecule has 11 nitrogen and oxygen atoms in total. The number of methoxy groups -OCH3 is 1. The lowest BCUT2D eigenvalue weighted by atomic mass is 9.77. The number of benzene rings is 2. The van der Waals surface area contributed by atoms with Crippen LogP contribution in [0, 0.1) is 0 Å². The normalized spacial score (nSPS) is 10.5. The highest BCUT2D eigenvalue weighted by Gasteiger charge is 2.22. The number of aromatic nitrogens is 4. The van der Waals surface area contributed by atoms with Gasteiger partial charge in [-0.1, -0.05) is 6.07 Å². The zero-order valence-electron chi connectivity index (χ0n) is 17.5. The van der Waals surface area contributed by atoms with Gasteiger partial charge >= 0.3 is 13.7 Å². The molecule has 0 saturated carbocycles. The van der Waals surface area contributed by atoms with Crippen molar-refractivity contribution >= 4 is 35.6 Å². The summed E-state index contributed by atoms with van der Waals surface area (Å²) in [4.78, 5) is 8.36. The van der Waals surface area contributed by atoms with Gasteiger partial charge in [-0.25, -0.2) is 4.68 Å². The molecule has 4 rings (SSSR count). The minimum atomic E-state index is -3.00. The summed E-state index contributed by atoms with van der Waals surface area (Å²) in [7, 11) is -0.443. The molecule has 0 aliphatic rings. The third kappa shape index (κ3) is 5.19. The third-order valence-corrected chi connectivity index (χ3v) is 4.64. The average molecular weight is 473 g/mol. The second-order valence-corrected chi connectivity index (χ2v) is 6.62. The van der Waals surface area contributed by atoms with E-state index in [4.69, 9.17) is 20.4 Å². The van der Waals surface area contributed by atoms with Crippen molar-refractivity contribution in [2.24, 2.45) is 0 Å². The van der Waals surface area contributed by atoms with Gasteiger partial charge < -0.3 is 30.4 Å². The number of hydrogen-bond donors (Lipinski definition) is 4. The number of nitrogen functional groups attached to an aromatic ring is 1. The van der Waals surface area contributed by atoms with E-state index in [0.29, 0.717) is 33.4 Å². The Hall–Kier alpha value is -4.30. The van der Waals surface area contributed by atoms with Gasteiger partial charge in [0.2, 0.25) is 0 Å². The molecule has 0 atom stereocenters. The fourth-order valence-electron chi connectivity index (χ4n) is 3.24. The van der Waals surface area contributed by atoms with Crippen LogP contribution in [0.25, 0.3) is 27.7 Å². The van der Waals surface area contributed by atoms with E-state index in [-0.39, 0.29) is 23.4 Å². The molecule has 4 aromatic rings. The lowest BCUT2D eigenvalue weighted by Crippen LogP contribution is -2.31. The molecule has 0 saturated heterocycles. The standard InChI is InChI=1S/C19H16BF2N5O4.CH2O2/c1-30-18-6-17(27-9-11(7-25-27)31-19(21)22)13(5-14(18)20(28)29)10-2-3-12-15(23)8-24-26-16(12)4-10;2-1-3/h2-9,19,28-29H,1H3,(H2,23,26);1H,(H,2,3). The van der Waals surface area contributed by atoms with Crippen molar-refractivity contribution in [3.63, 3.8) is 0 Å². The lowest BCUT2D eigenvalue weighted by Gasteiger charge is -2.16. The van der Waals surface area contributed by atoms with Crippen LogP contribution in [0.3, 0.4) is 0 Å². The third-order valence-electron chi connectivity index (χ3n) is 4.64. The molecule has 2 aromatic carbocycles. The number of fused-ring (bicyclic) bond motifs is 1. The zero-order valence-corrected chi connectivity index (χ0v) is 17.5. The Kier molecular flexibility index (Phi) is 7.55. The number of carboxylic acid groups (broad SMARTS) is 1. The highest BCUT2D eigenvalue weighted by Crippen LogP contribution is 2.32. The van der Waals surface area contributed by atoms with E-state index in [1.54, 1.807) is 18.2 Å². The van der Waals surface area contributed by atoms with E-state index < -0.39 is 13.7 Å². The van der Waals surface area contributed by atoms with Crippen LogP contribution in [0.5, 0.6) is 11.5 Å². The maximum atomic E-state index is 12.6. The Bertz CT molecular complexity index is 1300. The van der Waals surface area contributed by atoms with Crippen LogP contribution in [0.15, 0.2) is 48.9 Å². The summed E-state index contributed by atoms with van der Waals surface area (Å²) in [6.07, 6.45) is 3.86. The smallest absolute Gasteiger partial charge is 0.492 e. The summed E-state index contributed by atoms with van der Waals surface area (Å²) in [5, 5.41) is 39.2. The van der Waals surface area contributed by atoms with Gasteiger partial charge in [-0.2, -0.15) is 24.1 Å². The minimum absolute atomic E-state index is 0.108. The Balaban J connectivity index is 0.00000103. The summed E-state index contributed by atoms with van der Waals surface area (Å²) in [6, 6.07) is 8.26. The number of hydrogen-bond acceptors (Lipinski definition) is 9. The van der Waals surface area contributed by atoms with E-state index in [1.807, 2.05) is 0 Å². The number of rotatable bonds is 6. The Morgan fingerprint density at radius 2 is 1.94 bits per heavy atom. The molecule has 0 amide bonds. The van der Waals surface area contributed by atoms with Crippen molar-refractivity contribution in [1.29, 1.82) is 0 Å². The molecule has 0 aliphatic heterocycles. The first kappa shape index (κ1) is 24.3. The summed E-state index contributed by atoms with van der Waals surface area (Å²) >= 11 is 0. The fraction of sp³-hybridized carbons (Fsp3) is 0.100. The molecule has 0 fully saturated rings. The monoisotopic (exact) mass is 473 g/mol. The number of ether oxygens (including phenoxy) is 2. The SMILES string of the molecule is COc1cc(-n2cc(OC(F)F)cn2)c(-c2ccc3c(N)cnnc3c2)cc1B(O)O.O=CO. The molecule has 5 N–H and O–H groups in total. The number of halogens is 2. The van der Waals surface area contributed by atoms with Crippen LogP contribution in [0.2, 0.25) is 0 Å². The molecule has 2 aromatic heterocycles. The largest absolute Gasteiger partial charge is 0.497 e. The van der Waals surface area contributed by atoms with Gasteiger partial charge in [-0.05, 0) is 23.8 Å². The first-order chi connectivity index (χ1) is 16.3. The fourth-order valence-corrected chi connectivity index (χ4v) is 3.24. The molecule has 0 spiro atoms. The Morgan fingerprint density at radius 1 is 1.21 bits per heavy atom. The molecule has 14 heteroatoms. The number of nitrogens with two attached hydrogens (primary N) is 1. The van der Waals surface area contributed by atoms with Gasteiger partial charge in [0.05, 0.1) is 42.6 Å². The second-order valence-electron chi connectivity index (χ2n) is 6.62. The molecule has 0 bridgehead atoms. The van der Waals surface area contributed by atoms with E-state index in [2.05, 4.69) is 20.0 Å². The quantitative estimate of drug-likeness (QED) is 0.235. The number of carbonyl (C=O) groups is 1. The van der Waals surface area contributed by atoms with E-state index in [0.717, 1.165) is 6.20 Å². The first-order valence-corrected chi connectivity index (χ1v) is 9.46. The molecule has 34 heavy (non-hydrogen) atoms. The number of alkyl halides is 2. The minimum Gasteiger partial charge on any atom is -0.497 e. The van der Waals surface area contributed by atoms with E-state index in [1.165, 1.54) is 36.3 Å². The van der Waals surface area contributed by atoms with E-state index in [9.17, 15) is 18.8 Å². The lowest BCUT2D eigenvalue weighted by molar-refractivity contribution is -0.122. The second kappa shape index (κ2) is 10.5. The van der Waals surface area contributed by atoms with Crippen molar-refractivity contribution in [3.05, 3.63) is 48.9 Å². The maximum Gasteiger partial charge on any atom is 0.492 e. The van der Waals surface area contributed by atoms with Gasteiger partial charge in [0.25, 0.3) is 6.47 Å². The van der Waals surface area contributed by atoms with Gasteiger partial charge in [0.15, 0.2) is 5.75 Å². The molecular formula is C20H18BF2N5O6. The van der Waals surface area contributed by atoms with Crippen molar-refractivity contribution in [2.75, 3.05) is 12.8 Å². The van der Waals surface area contributed by atoms with Crippen LogP contribution in [0.1, 0.15) is 0 Å². The maximum absolute atomic E-state index is 12.6. The molecule has 176 valence electrons. The number of anilines is 1. The van der Waals surface area contributed by atoms with Crippen molar-refractivity contribution < 1.29 is 38.2 Å². The average Bonchev–Trinajstić information content (AvgIpc) is 3.26. The Labute approximate surface area is 191 Å². The van der Waals surface area contributed by atoms with Crippen LogP contribution in [-0.2, 0) is 4.79 Å². The highest BCUT2D eigenvalue weighted by atomic mass is 19.3. The van der Waals surface area contributed by atoms with Crippen LogP contribution in [0.4, 0.5) is 14.5 Å². The van der Waals surface area contributed by atoms with Crippen LogP contribution < -0.4 is 20.7 Å². The molecule has 2 heterocycles. The zero-order chi connectivity index (χ0) is 24.8. The predicted octanol–water partition coefficient (Wildman–Crippen LogP) is 1.06. The van der Waals surface area contributed by atoms with Gasteiger partial charge in [0.1, 0.15) is 5.75 Å². The van der Waals surface area contributed by atoms with E-state index >= 15 is 0 Å². The molecule has 0 unspecified atom stereocenters. The topological polar surface area (TPSA) is 166 Å². The summed E-state index contributed by atoms with van der Waals surface area (Å²) in [5.74, 6) is 0.0359. The molecular weight excluding hydrogens is 455 g/mol. The van der Waals surface area contributed by atoms with Gasteiger partial charge in [-0.3, -0.25) is 4.79 Å². The van der Waals surface area contributed by atoms with Crippen molar-refractivity contribution in [1.82, 2.24) is 20.0 Å². The molecule has 0 radical (unpaired) electrons. The predicted molar refractivity (Wildman–Crippen MR) is 118 cm³/mol. The van der Waals surface area contributed by atoms with Crippen molar-refractivity contribution in [2.45, 2.75) is 6.61 Å². The summed E-state index contributed by atoms with van der Waals surface area (Å²) in [6.45, 7) is -3.25. The Morgan fingerprint density at radius 3 is 2.59 bits per heavy atom. The van der Waals surface area contributed by atoms with Crippen molar-refractivity contribution in [3.8, 4) is 28.3 Å². The van der Waals surface area contributed by atoms with Crippen LogP contribution >= 0.6 is 0 Å². The summed E-state index contributed by atoms with van der Waals surface area (Å²) < 4.78 is 36.1. The first-order valence-electron chi connectivity index (χ1n) is 9.46.